The third-order valence-corrected chi connectivity index (χ3v) is 4.22. The van der Waals surface area contributed by atoms with E-state index in [9.17, 15) is 0 Å². The van der Waals surface area contributed by atoms with E-state index in [1.807, 2.05) is 66.7 Å². The summed E-state index contributed by atoms with van der Waals surface area (Å²) >= 11 is 0. The van der Waals surface area contributed by atoms with Crippen molar-refractivity contribution in [1.82, 2.24) is 15.0 Å². The van der Waals surface area contributed by atoms with Gasteiger partial charge in [0.2, 0.25) is 5.71 Å². The molecule has 0 bridgehead atoms. The zero-order valence-corrected chi connectivity index (χ0v) is 13.3. The molecule has 5 aromatic rings. The molecule has 0 unspecified atom stereocenters. The van der Waals surface area contributed by atoms with Crippen LogP contribution in [0.4, 0.5) is 0 Å². The molecule has 5 rings (SSSR count). The van der Waals surface area contributed by atoms with Gasteiger partial charge in [-0.15, -0.1) is 0 Å². The maximum absolute atomic E-state index is 6.01. The standard InChI is InChI=1S/C21H13N3O/c1-2-6-15(7-3-1)20-23-19(14-10-12-22-13-11-14)18-16-8-4-5-9-17(16)25-21(18)24-20/h1-13H. The van der Waals surface area contributed by atoms with E-state index in [1.54, 1.807) is 12.4 Å². The van der Waals surface area contributed by atoms with Gasteiger partial charge in [-0.2, -0.15) is 4.98 Å². The van der Waals surface area contributed by atoms with Crippen molar-refractivity contribution in [2.45, 2.75) is 0 Å². The smallest absolute Gasteiger partial charge is 0.231 e. The minimum atomic E-state index is 0.599. The van der Waals surface area contributed by atoms with E-state index < -0.39 is 0 Å². The highest BCUT2D eigenvalue weighted by molar-refractivity contribution is 6.10. The Bertz CT molecular complexity index is 1180. The molecule has 2 aromatic carbocycles. The van der Waals surface area contributed by atoms with Gasteiger partial charge in [-0.05, 0) is 18.2 Å². The second-order valence-corrected chi connectivity index (χ2v) is 5.78. The van der Waals surface area contributed by atoms with Crippen LogP contribution in [-0.4, -0.2) is 15.0 Å². The average molecular weight is 323 g/mol. The van der Waals surface area contributed by atoms with Gasteiger partial charge in [0.1, 0.15) is 5.58 Å². The number of fused-ring (bicyclic) bond motifs is 3. The molecule has 0 saturated carbocycles. The Morgan fingerprint density at radius 2 is 1.44 bits per heavy atom. The van der Waals surface area contributed by atoms with Crippen LogP contribution in [0.2, 0.25) is 0 Å². The highest BCUT2D eigenvalue weighted by atomic mass is 16.3. The summed E-state index contributed by atoms with van der Waals surface area (Å²) in [6.45, 7) is 0. The second kappa shape index (κ2) is 5.53. The van der Waals surface area contributed by atoms with Crippen molar-refractivity contribution in [3.63, 3.8) is 0 Å². The van der Waals surface area contributed by atoms with Crippen molar-refractivity contribution < 1.29 is 4.42 Å². The number of para-hydroxylation sites is 1. The van der Waals surface area contributed by atoms with Gasteiger partial charge in [-0.1, -0.05) is 48.5 Å². The maximum atomic E-state index is 6.01. The summed E-state index contributed by atoms with van der Waals surface area (Å²) in [5.41, 5.74) is 4.22. The molecule has 4 nitrogen and oxygen atoms in total. The minimum Gasteiger partial charge on any atom is -0.438 e. The molecule has 0 fully saturated rings. The molecule has 0 amide bonds. The molecule has 3 heterocycles. The summed E-state index contributed by atoms with van der Waals surface area (Å²) in [6.07, 6.45) is 3.54. The third kappa shape index (κ3) is 2.27. The molecule has 0 aliphatic carbocycles. The van der Waals surface area contributed by atoms with Crippen LogP contribution in [0, 0.1) is 0 Å². The first-order chi connectivity index (χ1) is 12.4. The first-order valence-electron chi connectivity index (χ1n) is 8.05. The van der Waals surface area contributed by atoms with Crippen LogP contribution in [0.25, 0.3) is 44.7 Å². The number of furan rings is 1. The normalized spacial score (nSPS) is 11.2. The zero-order valence-electron chi connectivity index (χ0n) is 13.3. The molecule has 0 atom stereocenters. The van der Waals surface area contributed by atoms with Gasteiger partial charge in [0.25, 0.3) is 0 Å². The van der Waals surface area contributed by atoms with Gasteiger partial charge in [0, 0.05) is 28.9 Å². The van der Waals surface area contributed by atoms with Gasteiger partial charge < -0.3 is 4.42 Å². The van der Waals surface area contributed by atoms with Gasteiger partial charge in [0.05, 0.1) is 11.1 Å². The topological polar surface area (TPSA) is 51.8 Å². The van der Waals surface area contributed by atoms with Gasteiger partial charge in [-0.25, -0.2) is 4.98 Å². The summed E-state index contributed by atoms with van der Waals surface area (Å²) < 4.78 is 6.01. The maximum Gasteiger partial charge on any atom is 0.231 e. The Balaban J connectivity index is 1.90. The van der Waals surface area contributed by atoms with Crippen LogP contribution in [0.15, 0.2) is 83.5 Å². The summed E-state index contributed by atoms with van der Waals surface area (Å²) in [6, 6.07) is 21.8. The van der Waals surface area contributed by atoms with Crippen molar-refractivity contribution in [2.75, 3.05) is 0 Å². The fourth-order valence-corrected chi connectivity index (χ4v) is 3.06. The van der Waals surface area contributed by atoms with Crippen molar-refractivity contribution in [3.8, 4) is 22.6 Å². The van der Waals surface area contributed by atoms with Gasteiger partial charge in [-0.3, -0.25) is 4.98 Å². The average Bonchev–Trinajstić information content (AvgIpc) is 3.07. The first kappa shape index (κ1) is 13.9. The zero-order chi connectivity index (χ0) is 16.6. The van der Waals surface area contributed by atoms with E-state index in [0.717, 1.165) is 33.2 Å². The molecule has 118 valence electrons. The molecule has 0 aliphatic rings. The van der Waals surface area contributed by atoms with Crippen LogP contribution in [0.3, 0.4) is 0 Å². The van der Waals surface area contributed by atoms with Crippen LogP contribution in [0.5, 0.6) is 0 Å². The van der Waals surface area contributed by atoms with Crippen molar-refractivity contribution in [2.24, 2.45) is 0 Å². The molecule has 0 N–H and O–H groups in total. The molecule has 0 spiro atoms. The molecular formula is C21H13N3O. The Morgan fingerprint density at radius 3 is 2.28 bits per heavy atom. The lowest BCUT2D eigenvalue weighted by Gasteiger charge is -2.06. The SMILES string of the molecule is c1ccc(-c2nc(-c3ccncc3)c3c(n2)oc2ccccc23)cc1. The fraction of sp³-hybridized carbons (Fsp3) is 0. The highest BCUT2D eigenvalue weighted by Gasteiger charge is 2.17. The summed E-state index contributed by atoms with van der Waals surface area (Å²) in [5.74, 6) is 0.652. The molecule has 25 heavy (non-hydrogen) atoms. The molecule has 3 aromatic heterocycles. The van der Waals surface area contributed by atoms with Crippen molar-refractivity contribution in [3.05, 3.63) is 79.1 Å². The number of benzene rings is 2. The predicted molar refractivity (Wildman–Crippen MR) is 98.0 cm³/mol. The number of pyridine rings is 1. The molecule has 0 radical (unpaired) electrons. The number of nitrogens with zero attached hydrogens (tertiary/aromatic N) is 3. The molecule has 0 aliphatic heterocycles. The lowest BCUT2D eigenvalue weighted by Crippen LogP contribution is -1.93. The van der Waals surface area contributed by atoms with Crippen molar-refractivity contribution >= 4 is 22.1 Å². The van der Waals surface area contributed by atoms with E-state index >= 15 is 0 Å². The second-order valence-electron chi connectivity index (χ2n) is 5.78. The Hall–Kier alpha value is -3.53. The number of hydrogen-bond acceptors (Lipinski definition) is 4. The monoisotopic (exact) mass is 323 g/mol. The third-order valence-electron chi connectivity index (χ3n) is 4.22. The largest absolute Gasteiger partial charge is 0.438 e. The Labute approximate surface area is 143 Å². The van der Waals surface area contributed by atoms with E-state index in [2.05, 4.69) is 9.97 Å². The van der Waals surface area contributed by atoms with Crippen LogP contribution in [0.1, 0.15) is 0 Å². The highest BCUT2D eigenvalue weighted by Crippen LogP contribution is 2.35. The minimum absolute atomic E-state index is 0.599. The number of hydrogen-bond donors (Lipinski definition) is 0. The van der Waals surface area contributed by atoms with E-state index in [0.29, 0.717) is 11.5 Å². The lowest BCUT2D eigenvalue weighted by molar-refractivity contribution is 0.653. The lowest BCUT2D eigenvalue weighted by atomic mass is 10.1. The van der Waals surface area contributed by atoms with E-state index in [4.69, 9.17) is 9.40 Å². The van der Waals surface area contributed by atoms with Crippen molar-refractivity contribution in [1.29, 1.82) is 0 Å². The van der Waals surface area contributed by atoms with E-state index in [-0.39, 0.29) is 0 Å². The van der Waals surface area contributed by atoms with Crippen LogP contribution >= 0.6 is 0 Å². The molecule has 4 heteroatoms. The predicted octanol–water partition coefficient (Wildman–Crippen LogP) is 5.11. The summed E-state index contributed by atoms with van der Waals surface area (Å²) in [7, 11) is 0. The number of rotatable bonds is 2. The van der Waals surface area contributed by atoms with Crippen LogP contribution < -0.4 is 0 Å². The quantitative estimate of drug-likeness (QED) is 0.453. The van der Waals surface area contributed by atoms with Crippen LogP contribution in [-0.2, 0) is 0 Å². The molecule has 0 saturated heterocycles. The summed E-state index contributed by atoms with van der Waals surface area (Å²) in [4.78, 5) is 13.7. The van der Waals surface area contributed by atoms with E-state index in [1.165, 1.54) is 0 Å². The molecular weight excluding hydrogens is 310 g/mol. The fourth-order valence-electron chi connectivity index (χ4n) is 3.06. The number of aromatic nitrogens is 3. The van der Waals surface area contributed by atoms with Gasteiger partial charge in [0.15, 0.2) is 5.82 Å². The first-order valence-corrected chi connectivity index (χ1v) is 8.05. The van der Waals surface area contributed by atoms with Gasteiger partial charge >= 0.3 is 0 Å². The Morgan fingerprint density at radius 1 is 0.680 bits per heavy atom. The Kier molecular flexibility index (Phi) is 3.07. The summed E-state index contributed by atoms with van der Waals surface area (Å²) in [5, 5.41) is 1.95.